The molecule has 1 saturated carbocycles. The molecule has 2 rings (SSSR count). The Hall–Kier alpha value is -0.900. The number of thiazole rings is 1. The number of carbonyl (C=O) groups is 1. The van der Waals surface area contributed by atoms with Gasteiger partial charge in [0.2, 0.25) is 0 Å². The molecule has 0 spiro atoms. The molecule has 2 atom stereocenters. The van der Waals surface area contributed by atoms with E-state index >= 15 is 0 Å². The highest BCUT2D eigenvalue weighted by molar-refractivity contribution is 7.09. The van der Waals surface area contributed by atoms with Crippen LogP contribution in [0.1, 0.15) is 36.4 Å². The van der Waals surface area contributed by atoms with Gasteiger partial charge in [0.05, 0.1) is 17.1 Å². The summed E-state index contributed by atoms with van der Waals surface area (Å²) in [6.45, 7) is 2.23. The first kappa shape index (κ1) is 9.65. The molecule has 0 aliphatic heterocycles. The van der Waals surface area contributed by atoms with Gasteiger partial charge in [-0.25, -0.2) is 4.98 Å². The molecule has 3 nitrogen and oxygen atoms in total. The molecule has 0 saturated heterocycles. The van der Waals surface area contributed by atoms with Gasteiger partial charge in [0.15, 0.2) is 0 Å². The number of rotatable bonds is 4. The third-order valence-electron chi connectivity index (χ3n) is 2.59. The lowest BCUT2D eigenvalue weighted by Crippen LogP contribution is -1.97. The summed E-state index contributed by atoms with van der Waals surface area (Å²) in [6, 6.07) is 0. The van der Waals surface area contributed by atoms with E-state index in [4.69, 9.17) is 5.11 Å². The van der Waals surface area contributed by atoms with E-state index in [1.165, 1.54) is 11.4 Å². The molecule has 0 radical (unpaired) electrons. The summed E-state index contributed by atoms with van der Waals surface area (Å²) in [5.74, 6) is 0.673. The third-order valence-corrected chi connectivity index (χ3v) is 3.62. The van der Waals surface area contributed by atoms with Crippen LogP contribution in [-0.4, -0.2) is 16.1 Å². The fraction of sp³-hybridized carbons (Fsp3) is 0.600. The van der Waals surface area contributed by atoms with Gasteiger partial charge >= 0.3 is 5.97 Å². The van der Waals surface area contributed by atoms with Crippen molar-refractivity contribution in [2.75, 3.05) is 0 Å². The van der Waals surface area contributed by atoms with E-state index < -0.39 is 5.97 Å². The van der Waals surface area contributed by atoms with E-state index in [-0.39, 0.29) is 6.42 Å². The SMILES string of the molecule is CC1CC1c1nc(CCC(=O)O)cs1. The lowest BCUT2D eigenvalue weighted by atomic mass is 10.2. The molecule has 0 aromatic carbocycles. The molecule has 2 unspecified atom stereocenters. The Balaban J connectivity index is 1.93. The molecule has 1 aliphatic rings. The van der Waals surface area contributed by atoms with Crippen molar-refractivity contribution in [1.29, 1.82) is 0 Å². The second kappa shape index (κ2) is 3.69. The number of carboxylic acids is 1. The number of hydrogen-bond acceptors (Lipinski definition) is 3. The van der Waals surface area contributed by atoms with E-state index in [1.54, 1.807) is 11.3 Å². The van der Waals surface area contributed by atoms with Gasteiger partial charge in [0, 0.05) is 17.7 Å². The molecular weight excluding hydrogens is 198 g/mol. The first-order chi connectivity index (χ1) is 6.66. The number of aryl methyl sites for hydroxylation is 1. The van der Waals surface area contributed by atoms with Gasteiger partial charge in [-0.1, -0.05) is 6.92 Å². The van der Waals surface area contributed by atoms with Crippen molar-refractivity contribution >= 4 is 17.3 Å². The number of carboxylic acid groups (broad SMARTS) is 1. The Morgan fingerprint density at radius 1 is 1.79 bits per heavy atom. The van der Waals surface area contributed by atoms with Gasteiger partial charge in [0.25, 0.3) is 0 Å². The fourth-order valence-electron chi connectivity index (χ4n) is 1.51. The third kappa shape index (κ3) is 2.12. The highest BCUT2D eigenvalue weighted by Crippen LogP contribution is 2.47. The van der Waals surface area contributed by atoms with Crippen LogP contribution in [0.5, 0.6) is 0 Å². The predicted molar refractivity (Wildman–Crippen MR) is 54.6 cm³/mol. The summed E-state index contributed by atoms with van der Waals surface area (Å²) in [5.41, 5.74) is 0.937. The van der Waals surface area contributed by atoms with Crippen molar-refractivity contribution in [1.82, 2.24) is 4.98 Å². The van der Waals surface area contributed by atoms with Crippen LogP contribution in [0.25, 0.3) is 0 Å². The minimum absolute atomic E-state index is 0.184. The second-order valence-electron chi connectivity index (χ2n) is 3.89. The van der Waals surface area contributed by atoms with E-state index in [2.05, 4.69) is 11.9 Å². The molecule has 1 N–H and O–H groups in total. The molecule has 1 heterocycles. The zero-order valence-electron chi connectivity index (χ0n) is 8.06. The largest absolute Gasteiger partial charge is 0.481 e. The highest BCUT2D eigenvalue weighted by Gasteiger charge is 2.36. The van der Waals surface area contributed by atoms with Crippen LogP contribution in [0.4, 0.5) is 0 Å². The average molecular weight is 211 g/mol. The lowest BCUT2D eigenvalue weighted by molar-refractivity contribution is -0.136. The summed E-state index contributed by atoms with van der Waals surface area (Å²) in [4.78, 5) is 14.8. The minimum atomic E-state index is -0.751. The van der Waals surface area contributed by atoms with Gasteiger partial charge < -0.3 is 5.11 Å². The molecule has 1 fully saturated rings. The van der Waals surface area contributed by atoms with Crippen molar-refractivity contribution < 1.29 is 9.90 Å². The van der Waals surface area contributed by atoms with Crippen LogP contribution in [0.3, 0.4) is 0 Å². The van der Waals surface area contributed by atoms with E-state index in [0.29, 0.717) is 12.3 Å². The summed E-state index contributed by atoms with van der Waals surface area (Å²) in [6.07, 6.45) is 1.99. The van der Waals surface area contributed by atoms with Crippen LogP contribution >= 0.6 is 11.3 Å². The summed E-state index contributed by atoms with van der Waals surface area (Å²) >= 11 is 1.67. The lowest BCUT2D eigenvalue weighted by Gasteiger charge is -1.91. The van der Waals surface area contributed by atoms with Gasteiger partial charge in [-0.15, -0.1) is 11.3 Å². The minimum Gasteiger partial charge on any atom is -0.481 e. The van der Waals surface area contributed by atoms with Gasteiger partial charge in [-0.05, 0) is 12.3 Å². The Morgan fingerprint density at radius 2 is 2.50 bits per heavy atom. The van der Waals surface area contributed by atoms with Crippen molar-refractivity contribution in [3.05, 3.63) is 16.1 Å². The number of nitrogens with zero attached hydrogens (tertiary/aromatic N) is 1. The van der Waals surface area contributed by atoms with Crippen molar-refractivity contribution in [3.8, 4) is 0 Å². The summed E-state index contributed by atoms with van der Waals surface area (Å²) in [7, 11) is 0. The molecule has 1 aromatic rings. The molecule has 4 heteroatoms. The monoisotopic (exact) mass is 211 g/mol. The maximum atomic E-state index is 10.4. The van der Waals surface area contributed by atoms with Crippen LogP contribution in [0.2, 0.25) is 0 Å². The summed E-state index contributed by atoms with van der Waals surface area (Å²) < 4.78 is 0. The molecule has 0 amide bonds. The number of aromatic nitrogens is 1. The standard InChI is InChI=1S/C10H13NO2S/c1-6-4-8(6)10-11-7(5-14-10)2-3-9(12)13/h5-6,8H,2-4H2,1H3,(H,12,13). The quantitative estimate of drug-likeness (QED) is 0.831. The smallest absolute Gasteiger partial charge is 0.303 e. The Labute approximate surface area is 86.8 Å². The molecule has 76 valence electrons. The average Bonchev–Trinajstić information content (AvgIpc) is 2.68. The molecular formula is C10H13NO2S. The van der Waals surface area contributed by atoms with E-state index in [1.807, 2.05) is 5.38 Å². The molecule has 1 aromatic heterocycles. The molecule has 14 heavy (non-hydrogen) atoms. The Kier molecular flexibility index (Phi) is 2.54. The topological polar surface area (TPSA) is 50.2 Å². The maximum Gasteiger partial charge on any atom is 0.303 e. The van der Waals surface area contributed by atoms with Crippen LogP contribution in [0.15, 0.2) is 5.38 Å². The van der Waals surface area contributed by atoms with E-state index in [0.717, 1.165) is 11.6 Å². The van der Waals surface area contributed by atoms with Crippen molar-refractivity contribution in [2.24, 2.45) is 5.92 Å². The van der Waals surface area contributed by atoms with E-state index in [9.17, 15) is 4.79 Å². The van der Waals surface area contributed by atoms with Gasteiger partial charge in [-0.3, -0.25) is 4.79 Å². The highest BCUT2D eigenvalue weighted by atomic mass is 32.1. The van der Waals surface area contributed by atoms with Crippen molar-refractivity contribution in [2.45, 2.75) is 32.1 Å². The number of hydrogen-bond donors (Lipinski definition) is 1. The van der Waals surface area contributed by atoms with Crippen LogP contribution in [-0.2, 0) is 11.2 Å². The first-order valence-corrected chi connectivity index (χ1v) is 5.71. The van der Waals surface area contributed by atoms with Crippen molar-refractivity contribution in [3.63, 3.8) is 0 Å². The zero-order chi connectivity index (χ0) is 10.1. The fourth-order valence-corrected chi connectivity index (χ4v) is 2.61. The normalized spacial score (nSPS) is 24.9. The number of aliphatic carboxylic acids is 1. The Morgan fingerprint density at radius 3 is 3.07 bits per heavy atom. The first-order valence-electron chi connectivity index (χ1n) is 4.83. The zero-order valence-corrected chi connectivity index (χ0v) is 8.88. The second-order valence-corrected chi connectivity index (χ2v) is 4.78. The van der Waals surface area contributed by atoms with Crippen LogP contribution < -0.4 is 0 Å². The summed E-state index contributed by atoms with van der Waals surface area (Å²) in [5, 5.41) is 11.7. The molecule has 1 aliphatic carbocycles. The van der Waals surface area contributed by atoms with Gasteiger partial charge in [-0.2, -0.15) is 0 Å². The predicted octanol–water partition coefficient (Wildman–Crippen LogP) is 2.28. The molecule has 0 bridgehead atoms. The maximum absolute atomic E-state index is 10.4. The van der Waals surface area contributed by atoms with Gasteiger partial charge in [0.1, 0.15) is 0 Å². The van der Waals surface area contributed by atoms with Crippen LogP contribution in [0, 0.1) is 5.92 Å². The Bertz CT molecular complexity index is 348.